The molecule has 1 heterocycles. The number of nitrogens with one attached hydrogen (secondary N) is 1. The van der Waals surface area contributed by atoms with Gasteiger partial charge in [0.15, 0.2) is 0 Å². The van der Waals surface area contributed by atoms with Gasteiger partial charge >= 0.3 is 6.09 Å². The lowest BCUT2D eigenvalue weighted by atomic mass is 10.1. The molecule has 0 saturated carbocycles. The van der Waals surface area contributed by atoms with Crippen LogP contribution < -0.4 is 5.32 Å². The molecule has 1 aromatic heterocycles. The predicted molar refractivity (Wildman–Crippen MR) is 101 cm³/mol. The Morgan fingerprint density at radius 1 is 1.36 bits per heavy atom. The third-order valence-corrected chi connectivity index (χ3v) is 4.46. The quantitative estimate of drug-likeness (QED) is 0.704. The summed E-state index contributed by atoms with van der Waals surface area (Å²) in [6.45, 7) is 6.56. The highest BCUT2D eigenvalue weighted by atomic mass is 35.5. The molecule has 25 heavy (non-hydrogen) atoms. The lowest BCUT2D eigenvalue weighted by Gasteiger charge is -2.21. The molecule has 0 spiro atoms. The molecule has 0 bridgehead atoms. The minimum absolute atomic E-state index is 0.156. The fraction of sp³-hybridized carbons (Fsp3) is 0.222. The zero-order valence-electron chi connectivity index (χ0n) is 13.8. The van der Waals surface area contributed by atoms with Crippen molar-refractivity contribution in [3.8, 4) is 0 Å². The number of thiophene rings is 1. The molecule has 0 saturated heterocycles. The van der Waals surface area contributed by atoms with Gasteiger partial charge in [-0.25, -0.2) is 4.79 Å². The lowest BCUT2D eigenvalue weighted by Crippen LogP contribution is -2.30. The standard InChI is InChI=1S/C18H19ClN2O3S/c1-3-10-21(12-15-8-9-16(19)25-15)17(22)13-6-5-7-14(11-13)20-18(23)24-4-2/h3,5-9,11H,1,4,10,12H2,2H3,(H,20,23). The molecular weight excluding hydrogens is 360 g/mol. The molecule has 0 unspecified atom stereocenters. The van der Waals surface area contributed by atoms with Gasteiger partial charge in [0.1, 0.15) is 0 Å². The normalized spacial score (nSPS) is 10.2. The summed E-state index contributed by atoms with van der Waals surface area (Å²) in [6.07, 6.45) is 1.12. The largest absolute Gasteiger partial charge is 0.450 e. The Hall–Kier alpha value is -2.31. The van der Waals surface area contributed by atoms with Crippen LogP contribution >= 0.6 is 22.9 Å². The van der Waals surface area contributed by atoms with Gasteiger partial charge < -0.3 is 9.64 Å². The second kappa shape index (κ2) is 9.25. The van der Waals surface area contributed by atoms with Crippen molar-refractivity contribution in [2.45, 2.75) is 13.5 Å². The van der Waals surface area contributed by atoms with E-state index in [0.717, 1.165) is 4.88 Å². The van der Waals surface area contributed by atoms with Crippen LogP contribution in [-0.2, 0) is 11.3 Å². The van der Waals surface area contributed by atoms with E-state index in [-0.39, 0.29) is 12.5 Å². The highest BCUT2D eigenvalue weighted by molar-refractivity contribution is 7.16. The summed E-state index contributed by atoms with van der Waals surface area (Å²) < 4.78 is 5.53. The van der Waals surface area contributed by atoms with Crippen molar-refractivity contribution in [1.82, 2.24) is 4.90 Å². The molecule has 2 aromatic rings. The molecule has 132 valence electrons. The van der Waals surface area contributed by atoms with E-state index in [1.165, 1.54) is 11.3 Å². The molecule has 1 N–H and O–H groups in total. The molecule has 0 aliphatic carbocycles. The number of nitrogens with zero attached hydrogens (tertiary/aromatic N) is 1. The summed E-state index contributed by atoms with van der Waals surface area (Å²) in [7, 11) is 0. The van der Waals surface area contributed by atoms with Gasteiger partial charge in [0.2, 0.25) is 0 Å². The van der Waals surface area contributed by atoms with Crippen LogP contribution in [0.15, 0.2) is 49.1 Å². The predicted octanol–water partition coefficient (Wildman–Crippen LogP) is 4.80. The fourth-order valence-corrected chi connectivity index (χ4v) is 3.30. The maximum atomic E-state index is 12.8. The van der Waals surface area contributed by atoms with Gasteiger partial charge in [-0.1, -0.05) is 23.7 Å². The van der Waals surface area contributed by atoms with Gasteiger partial charge in [-0.05, 0) is 37.3 Å². The van der Waals surface area contributed by atoms with Gasteiger partial charge in [-0.3, -0.25) is 10.1 Å². The van der Waals surface area contributed by atoms with Gasteiger partial charge in [-0.15, -0.1) is 17.9 Å². The number of ether oxygens (including phenoxy) is 1. The summed E-state index contributed by atoms with van der Waals surface area (Å²) >= 11 is 7.39. The first-order chi connectivity index (χ1) is 12.0. The van der Waals surface area contributed by atoms with Gasteiger partial charge in [0.25, 0.3) is 5.91 Å². The Bertz CT molecular complexity index is 760. The summed E-state index contributed by atoms with van der Waals surface area (Å²) in [5.74, 6) is -0.156. The van der Waals surface area contributed by atoms with Crippen LogP contribution in [0.1, 0.15) is 22.2 Å². The first-order valence-corrected chi connectivity index (χ1v) is 8.91. The van der Waals surface area contributed by atoms with Crippen molar-refractivity contribution < 1.29 is 14.3 Å². The van der Waals surface area contributed by atoms with E-state index in [9.17, 15) is 9.59 Å². The molecule has 2 rings (SSSR count). The van der Waals surface area contributed by atoms with Crippen molar-refractivity contribution in [1.29, 1.82) is 0 Å². The molecule has 0 aliphatic rings. The van der Waals surface area contributed by atoms with E-state index in [2.05, 4.69) is 11.9 Å². The molecule has 0 atom stereocenters. The average Bonchev–Trinajstić information content (AvgIpc) is 2.99. The zero-order chi connectivity index (χ0) is 18.2. The van der Waals surface area contributed by atoms with Crippen LogP contribution in [-0.4, -0.2) is 30.1 Å². The SMILES string of the molecule is C=CCN(Cc1ccc(Cl)s1)C(=O)c1cccc(NC(=O)OCC)c1. The van der Waals surface area contributed by atoms with E-state index in [4.69, 9.17) is 16.3 Å². The average molecular weight is 379 g/mol. The Morgan fingerprint density at radius 2 is 2.16 bits per heavy atom. The molecule has 2 amide bonds. The van der Waals surface area contributed by atoms with E-state index < -0.39 is 6.09 Å². The monoisotopic (exact) mass is 378 g/mol. The topological polar surface area (TPSA) is 58.6 Å². The number of amides is 2. The van der Waals surface area contributed by atoms with Gasteiger partial charge in [0.05, 0.1) is 17.5 Å². The lowest BCUT2D eigenvalue weighted by molar-refractivity contribution is 0.0764. The van der Waals surface area contributed by atoms with E-state index in [0.29, 0.717) is 28.7 Å². The Morgan fingerprint density at radius 3 is 2.80 bits per heavy atom. The Labute approximate surface area is 155 Å². The number of carbonyl (C=O) groups is 2. The summed E-state index contributed by atoms with van der Waals surface area (Å²) in [4.78, 5) is 27.0. The number of halogens is 1. The van der Waals surface area contributed by atoms with Crippen molar-refractivity contribution in [2.24, 2.45) is 0 Å². The van der Waals surface area contributed by atoms with Crippen molar-refractivity contribution in [3.05, 3.63) is 63.8 Å². The maximum Gasteiger partial charge on any atom is 0.411 e. The molecule has 0 aliphatic heterocycles. The van der Waals surface area contributed by atoms with Crippen LogP contribution in [0.5, 0.6) is 0 Å². The summed E-state index contributed by atoms with van der Waals surface area (Å²) in [6, 6.07) is 10.4. The molecular formula is C18H19ClN2O3S. The smallest absolute Gasteiger partial charge is 0.411 e. The van der Waals surface area contributed by atoms with E-state index in [1.807, 2.05) is 12.1 Å². The van der Waals surface area contributed by atoms with Crippen LogP contribution in [0.4, 0.5) is 10.5 Å². The van der Waals surface area contributed by atoms with E-state index in [1.54, 1.807) is 42.2 Å². The molecule has 5 nitrogen and oxygen atoms in total. The summed E-state index contributed by atoms with van der Waals surface area (Å²) in [5, 5.41) is 2.59. The van der Waals surface area contributed by atoms with Crippen LogP contribution in [0.2, 0.25) is 4.34 Å². The molecule has 1 aromatic carbocycles. The Balaban J connectivity index is 2.15. The molecule has 0 radical (unpaired) electrons. The van der Waals surface area contributed by atoms with Gasteiger partial charge in [0, 0.05) is 22.7 Å². The fourth-order valence-electron chi connectivity index (χ4n) is 2.20. The van der Waals surface area contributed by atoms with Crippen molar-refractivity contribution in [3.63, 3.8) is 0 Å². The van der Waals surface area contributed by atoms with Crippen LogP contribution in [0.3, 0.4) is 0 Å². The first-order valence-electron chi connectivity index (χ1n) is 7.71. The van der Waals surface area contributed by atoms with Crippen molar-refractivity contribution in [2.75, 3.05) is 18.5 Å². The van der Waals surface area contributed by atoms with Crippen molar-refractivity contribution >= 4 is 40.6 Å². The summed E-state index contributed by atoms with van der Waals surface area (Å²) in [5.41, 5.74) is 0.973. The van der Waals surface area contributed by atoms with Gasteiger partial charge in [-0.2, -0.15) is 0 Å². The second-order valence-electron chi connectivity index (χ2n) is 5.11. The zero-order valence-corrected chi connectivity index (χ0v) is 15.4. The third kappa shape index (κ3) is 5.62. The number of hydrogen-bond acceptors (Lipinski definition) is 4. The van der Waals surface area contributed by atoms with E-state index >= 15 is 0 Å². The second-order valence-corrected chi connectivity index (χ2v) is 6.91. The number of carbonyl (C=O) groups excluding carboxylic acids is 2. The highest BCUT2D eigenvalue weighted by Gasteiger charge is 2.17. The molecule has 0 fully saturated rings. The number of hydrogen-bond donors (Lipinski definition) is 1. The Kier molecular flexibility index (Phi) is 7.03. The number of benzene rings is 1. The minimum Gasteiger partial charge on any atom is -0.450 e. The van der Waals surface area contributed by atoms with Crippen LogP contribution in [0.25, 0.3) is 0 Å². The van der Waals surface area contributed by atoms with Crippen LogP contribution in [0, 0.1) is 0 Å². The number of rotatable bonds is 7. The third-order valence-electron chi connectivity index (χ3n) is 3.24. The number of anilines is 1. The maximum absolute atomic E-state index is 12.8. The minimum atomic E-state index is -0.553. The molecule has 7 heteroatoms. The highest BCUT2D eigenvalue weighted by Crippen LogP contribution is 2.23. The first kappa shape index (κ1) is 19.0.